The molecule has 0 bridgehead atoms. The number of halogens is 3. The molecule has 1 aromatic heterocycles. The molecule has 3 rings (SSSR count). The van der Waals surface area contributed by atoms with Gasteiger partial charge in [0.1, 0.15) is 0 Å². The first kappa shape index (κ1) is 24.2. The maximum atomic E-state index is 13.3. The average Bonchev–Trinajstić information content (AvgIpc) is 2.76. The van der Waals surface area contributed by atoms with Crippen molar-refractivity contribution >= 4 is 56.9 Å². The Kier molecular flexibility index (Phi) is 8.22. The van der Waals surface area contributed by atoms with Crippen LogP contribution in [0, 0.1) is 0 Å². The number of carbonyl (C=O) groups excluding carboxylic acids is 1. The molecule has 0 saturated carbocycles. The molecule has 2 aromatic carbocycles. The van der Waals surface area contributed by atoms with Gasteiger partial charge < -0.3 is 0 Å². The van der Waals surface area contributed by atoms with E-state index in [9.17, 15) is 13.2 Å². The van der Waals surface area contributed by atoms with Gasteiger partial charge in [-0.25, -0.2) is 13.8 Å². The predicted octanol–water partition coefficient (Wildman–Crippen LogP) is 4.38. The number of amides is 1. The summed E-state index contributed by atoms with van der Waals surface area (Å²) in [6.45, 7) is -0.731. The van der Waals surface area contributed by atoms with Crippen LogP contribution in [0.5, 0.6) is 0 Å². The van der Waals surface area contributed by atoms with Crippen LogP contribution in [0.4, 0.5) is 0 Å². The Morgan fingerprint density at radius 2 is 1.62 bits per heavy atom. The van der Waals surface area contributed by atoms with Crippen LogP contribution in [0.25, 0.3) is 0 Å². The maximum absolute atomic E-state index is 13.3. The van der Waals surface area contributed by atoms with Crippen LogP contribution in [0.15, 0.2) is 77.0 Å². The number of hydrazone groups is 1. The minimum atomic E-state index is -4.09. The molecule has 3 aromatic rings. The van der Waals surface area contributed by atoms with Crippen molar-refractivity contribution in [1.29, 1.82) is 0 Å². The number of benzene rings is 2. The van der Waals surface area contributed by atoms with Gasteiger partial charge in [0.15, 0.2) is 0 Å². The predicted molar refractivity (Wildman–Crippen MR) is 125 cm³/mol. The van der Waals surface area contributed by atoms with Gasteiger partial charge in [0.05, 0.1) is 17.7 Å². The molecule has 0 radical (unpaired) electrons. The fourth-order valence-electron chi connectivity index (χ4n) is 2.67. The lowest BCUT2D eigenvalue weighted by Crippen LogP contribution is -2.39. The quantitative estimate of drug-likeness (QED) is 0.359. The number of hydrogen-bond donors (Lipinski definition) is 1. The molecule has 7 nitrogen and oxygen atoms in total. The summed E-state index contributed by atoms with van der Waals surface area (Å²) in [5.41, 5.74) is 3.42. The third-order valence-corrected chi connectivity index (χ3v) is 7.04. The molecule has 1 amide bonds. The zero-order chi connectivity index (χ0) is 23.1. The van der Waals surface area contributed by atoms with Gasteiger partial charge in [-0.1, -0.05) is 40.9 Å². The molecule has 0 aliphatic carbocycles. The van der Waals surface area contributed by atoms with Crippen molar-refractivity contribution in [3.8, 4) is 0 Å². The summed E-state index contributed by atoms with van der Waals surface area (Å²) in [6.07, 6.45) is 4.58. The zero-order valence-electron chi connectivity index (χ0n) is 16.5. The van der Waals surface area contributed by atoms with E-state index < -0.39 is 22.5 Å². The molecular formula is C21H17Cl3N4O3S. The van der Waals surface area contributed by atoms with E-state index in [-0.39, 0.29) is 21.5 Å². The smallest absolute Gasteiger partial charge is 0.255 e. The lowest BCUT2D eigenvalue weighted by molar-refractivity contribution is -0.121. The maximum Gasteiger partial charge on any atom is 0.255 e. The number of carbonyl (C=O) groups is 1. The molecule has 0 spiro atoms. The van der Waals surface area contributed by atoms with Crippen LogP contribution >= 0.6 is 34.8 Å². The lowest BCUT2D eigenvalue weighted by Gasteiger charge is -2.22. The summed E-state index contributed by atoms with van der Waals surface area (Å²) in [5, 5.41) is 4.81. The number of hydrogen-bond acceptors (Lipinski definition) is 5. The second kappa shape index (κ2) is 10.9. The molecule has 0 atom stereocenters. The van der Waals surface area contributed by atoms with Gasteiger partial charge >= 0.3 is 0 Å². The largest absolute Gasteiger partial charge is 0.272 e. The van der Waals surface area contributed by atoms with E-state index in [2.05, 4.69) is 15.5 Å². The summed E-state index contributed by atoms with van der Waals surface area (Å²) >= 11 is 18.3. The zero-order valence-corrected chi connectivity index (χ0v) is 19.5. The third-order valence-electron chi connectivity index (χ3n) is 4.28. The van der Waals surface area contributed by atoms with E-state index in [0.717, 1.165) is 4.31 Å². The minimum absolute atomic E-state index is 0.0295. The number of nitrogens with one attached hydrogen (secondary N) is 1. The van der Waals surface area contributed by atoms with Crippen molar-refractivity contribution in [2.75, 3.05) is 6.54 Å². The van der Waals surface area contributed by atoms with E-state index in [4.69, 9.17) is 34.8 Å². The second-order valence-corrected chi connectivity index (χ2v) is 9.69. The van der Waals surface area contributed by atoms with Crippen molar-refractivity contribution in [2.45, 2.75) is 11.4 Å². The molecule has 0 aliphatic rings. The first-order valence-corrected chi connectivity index (χ1v) is 11.8. The van der Waals surface area contributed by atoms with E-state index in [1.807, 2.05) is 0 Å². The fourth-order valence-corrected chi connectivity index (χ4v) is 4.67. The highest BCUT2D eigenvalue weighted by Crippen LogP contribution is 2.28. The van der Waals surface area contributed by atoms with Crippen LogP contribution in [0.3, 0.4) is 0 Å². The molecule has 0 unspecified atom stereocenters. The molecule has 166 valence electrons. The average molecular weight is 512 g/mol. The van der Waals surface area contributed by atoms with Gasteiger partial charge in [0.2, 0.25) is 10.0 Å². The highest BCUT2D eigenvalue weighted by Gasteiger charge is 2.28. The topological polar surface area (TPSA) is 91.7 Å². The third kappa shape index (κ3) is 6.27. The summed E-state index contributed by atoms with van der Waals surface area (Å²) in [7, 11) is -4.09. The first-order valence-electron chi connectivity index (χ1n) is 9.18. The molecule has 1 N–H and O–H groups in total. The van der Waals surface area contributed by atoms with Gasteiger partial charge in [-0.2, -0.15) is 9.41 Å². The lowest BCUT2D eigenvalue weighted by atomic mass is 10.2. The van der Waals surface area contributed by atoms with E-state index in [1.165, 1.54) is 30.5 Å². The van der Waals surface area contributed by atoms with Gasteiger partial charge in [-0.3, -0.25) is 9.78 Å². The van der Waals surface area contributed by atoms with Crippen molar-refractivity contribution in [2.24, 2.45) is 5.10 Å². The molecular weight excluding hydrogens is 495 g/mol. The van der Waals surface area contributed by atoms with Crippen molar-refractivity contribution in [3.63, 3.8) is 0 Å². The normalized spacial score (nSPS) is 11.8. The van der Waals surface area contributed by atoms with Gasteiger partial charge in [0.25, 0.3) is 5.91 Å². The Hall–Kier alpha value is -2.49. The van der Waals surface area contributed by atoms with Crippen LogP contribution in [0.2, 0.25) is 15.1 Å². The Bertz CT molecular complexity index is 1200. The number of aromatic nitrogens is 1. The van der Waals surface area contributed by atoms with E-state index >= 15 is 0 Å². The van der Waals surface area contributed by atoms with Crippen LogP contribution < -0.4 is 5.43 Å². The summed E-state index contributed by atoms with van der Waals surface area (Å²) < 4.78 is 27.5. The first-order chi connectivity index (χ1) is 15.3. The molecule has 11 heteroatoms. The van der Waals surface area contributed by atoms with Crippen LogP contribution in [0.1, 0.15) is 11.1 Å². The second-order valence-electron chi connectivity index (χ2n) is 6.50. The molecule has 0 fully saturated rings. The Labute approximate surface area is 200 Å². The highest BCUT2D eigenvalue weighted by atomic mass is 35.5. The van der Waals surface area contributed by atoms with E-state index in [0.29, 0.717) is 16.1 Å². The van der Waals surface area contributed by atoms with Gasteiger partial charge in [0, 0.05) is 39.6 Å². The molecule has 1 heterocycles. The molecule has 32 heavy (non-hydrogen) atoms. The standard InChI is InChI=1S/C21H17Cl3N4O3S/c22-16-4-6-17(7-5-16)32(30,31)28(13-18-19(23)2-1-3-20(18)24)14-21(29)27-26-12-15-8-10-25-11-9-15/h1-12H,13-14H2,(H,27,29)/b26-12-. The number of sulfonamides is 1. The van der Waals surface area contributed by atoms with Crippen LogP contribution in [-0.2, 0) is 21.4 Å². The molecule has 0 aliphatic heterocycles. The number of rotatable bonds is 8. The van der Waals surface area contributed by atoms with Crippen molar-refractivity contribution in [1.82, 2.24) is 14.7 Å². The minimum Gasteiger partial charge on any atom is -0.272 e. The van der Waals surface area contributed by atoms with Gasteiger partial charge in [-0.15, -0.1) is 0 Å². The van der Waals surface area contributed by atoms with Crippen LogP contribution in [-0.4, -0.2) is 36.4 Å². The Morgan fingerprint density at radius 3 is 2.25 bits per heavy atom. The van der Waals surface area contributed by atoms with Crippen molar-refractivity contribution in [3.05, 3.63) is 93.2 Å². The number of nitrogens with zero attached hydrogens (tertiary/aromatic N) is 3. The summed E-state index contributed by atoms with van der Waals surface area (Å²) in [6, 6.07) is 13.9. The van der Waals surface area contributed by atoms with E-state index in [1.54, 1.807) is 42.7 Å². The number of pyridine rings is 1. The highest BCUT2D eigenvalue weighted by molar-refractivity contribution is 7.89. The monoisotopic (exact) mass is 510 g/mol. The van der Waals surface area contributed by atoms with Gasteiger partial charge in [-0.05, 0) is 54.1 Å². The summed E-state index contributed by atoms with van der Waals surface area (Å²) in [4.78, 5) is 16.4. The fraction of sp³-hybridized carbons (Fsp3) is 0.0952. The van der Waals surface area contributed by atoms with Crippen molar-refractivity contribution < 1.29 is 13.2 Å². The SMILES string of the molecule is O=C(CN(Cc1c(Cl)cccc1Cl)S(=O)(=O)c1ccc(Cl)cc1)N/N=C\c1ccncc1. The Morgan fingerprint density at radius 1 is 1.00 bits per heavy atom. The molecule has 0 saturated heterocycles. The Balaban J connectivity index is 1.85. The summed E-state index contributed by atoms with van der Waals surface area (Å²) in [5.74, 6) is -0.643.